The largest absolute Gasteiger partial charge is 0.457 e. The van der Waals surface area contributed by atoms with Gasteiger partial charge in [-0.1, -0.05) is 222 Å². The van der Waals surface area contributed by atoms with Crippen LogP contribution in [0.5, 0.6) is 0 Å². The molecule has 0 fully saturated rings. The summed E-state index contributed by atoms with van der Waals surface area (Å²) in [6, 6.07) is 0. The molecule has 0 radical (unpaired) electrons. The van der Waals surface area contributed by atoms with Gasteiger partial charge in [-0.3, -0.25) is 4.79 Å². The third kappa shape index (κ3) is 44.4. The molecule has 0 aromatic heterocycles. The van der Waals surface area contributed by atoms with Gasteiger partial charge < -0.3 is 14.6 Å². The molecule has 0 rings (SSSR count). The van der Waals surface area contributed by atoms with Crippen LogP contribution in [0.2, 0.25) is 0 Å². The van der Waals surface area contributed by atoms with E-state index < -0.39 is 6.10 Å². The molecule has 0 aliphatic heterocycles. The van der Waals surface area contributed by atoms with E-state index in [0.717, 1.165) is 51.4 Å². The van der Waals surface area contributed by atoms with Crippen LogP contribution >= 0.6 is 0 Å². The minimum absolute atomic E-state index is 0.194. The summed E-state index contributed by atoms with van der Waals surface area (Å²) in [5.41, 5.74) is 0. The average molecular weight is 741 g/mol. The highest BCUT2D eigenvalue weighted by atomic mass is 16.6. The zero-order valence-corrected chi connectivity index (χ0v) is 35.3. The summed E-state index contributed by atoms with van der Waals surface area (Å²) in [7, 11) is 0. The van der Waals surface area contributed by atoms with Crippen molar-refractivity contribution >= 4 is 5.97 Å². The summed E-state index contributed by atoms with van der Waals surface area (Å²) >= 11 is 0. The van der Waals surface area contributed by atoms with Crippen LogP contribution in [0.15, 0.2) is 60.8 Å². The lowest BCUT2D eigenvalue weighted by Gasteiger charge is -2.15. The summed E-state index contributed by atoms with van der Waals surface area (Å²) in [6.07, 6.45) is 61.6. The van der Waals surface area contributed by atoms with E-state index in [-0.39, 0.29) is 19.2 Å². The van der Waals surface area contributed by atoms with Crippen molar-refractivity contribution in [1.29, 1.82) is 0 Å². The second-order valence-electron chi connectivity index (χ2n) is 15.1. The molecule has 0 saturated heterocycles. The summed E-state index contributed by atoms with van der Waals surface area (Å²) in [4.78, 5) is 12.2. The lowest BCUT2D eigenvalue weighted by atomic mass is 10.0. The van der Waals surface area contributed by atoms with Gasteiger partial charge in [0.05, 0.1) is 13.2 Å². The van der Waals surface area contributed by atoms with Gasteiger partial charge in [0.15, 0.2) is 0 Å². The predicted molar refractivity (Wildman–Crippen MR) is 233 cm³/mol. The smallest absolute Gasteiger partial charge is 0.306 e. The summed E-state index contributed by atoms with van der Waals surface area (Å²) in [6.45, 7) is 5.19. The van der Waals surface area contributed by atoms with Gasteiger partial charge in [-0.15, -0.1) is 0 Å². The second kappa shape index (κ2) is 46.2. The van der Waals surface area contributed by atoms with E-state index in [2.05, 4.69) is 74.6 Å². The average Bonchev–Trinajstić information content (AvgIpc) is 3.16. The summed E-state index contributed by atoms with van der Waals surface area (Å²) < 4.78 is 11.1. The van der Waals surface area contributed by atoms with Gasteiger partial charge in [0, 0.05) is 13.0 Å². The molecule has 0 amide bonds. The van der Waals surface area contributed by atoms with Crippen LogP contribution in [0.4, 0.5) is 0 Å². The third-order valence-corrected chi connectivity index (χ3v) is 9.86. The van der Waals surface area contributed by atoms with E-state index in [9.17, 15) is 9.90 Å². The lowest BCUT2D eigenvalue weighted by Crippen LogP contribution is -2.27. The SMILES string of the molecule is CC/C=C\C/C=C\C/C=C\C/C=C\C/C=C\CCCC(=O)OC(CO)COCCCCCCCCCCCCCCCCCCCCCCCCCC. The Hall–Kier alpha value is -1.91. The highest BCUT2D eigenvalue weighted by Crippen LogP contribution is 2.16. The van der Waals surface area contributed by atoms with Crippen molar-refractivity contribution in [2.75, 3.05) is 19.8 Å². The number of unbranched alkanes of at least 4 members (excludes halogenated alkanes) is 24. The monoisotopic (exact) mass is 741 g/mol. The van der Waals surface area contributed by atoms with Gasteiger partial charge in [-0.2, -0.15) is 0 Å². The number of carbonyl (C=O) groups excluding carboxylic acids is 1. The fourth-order valence-corrected chi connectivity index (χ4v) is 6.48. The molecule has 0 aromatic carbocycles. The van der Waals surface area contributed by atoms with Crippen LogP contribution in [0.25, 0.3) is 0 Å². The Morgan fingerprint density at radius 3 is 1.21 bits per heavy atom. The summed E-state index contributed by atoms with van der Waals surface area (Å²) in [5.74, 6) is -0.255. The number of allylic oxidation sites excluding steroid dienone is 10. The Bertz CT molecular complexity index is 870. The first kappa shape index (κ1) is 51.1. The van der Waals surface area contributed by atoms with E-state index in [1.165, 1.54) is 148 Å². The van der Waals surface area contributed by atoms with Crippen LogP contribution in [0, 0.1) is 0 Å². The fourth-order valence-electron chi connectivity index (χ4n) is 6.48. The number of aliphatic hydroxyl groups excluding tert-OH is 1. The molecule has 0 aromatic rings. The zero-order chi connectivity index (χ0) is 38.4. The van der Waals surface area contributed by atoms with Gasteiger partial charge in [0.2, 0.25) is 0 Å². The van der Waals surface area contributed by atoms with Crippen LogP contribution in [0.3, 0.4) is 0 Å². The maximum atomic E-state index is 12.2. The van der Waals surface area contributed by atoms with Gasteiger partial charge in [-0.05, 0) is 51.4 Å². The maximum Gasteiger partial charge on any atom is 0.306 e. The number of hydrogen-bond acceptors (Lipinski definition) is 4. The van der Waals surface area contributed by atoms with E-state index in [1.807, 2.05) is 0 Å². The third-order valence-electron chi connectivity index (χ3n) is 9.86. The summed E-state index contributed by atoms with van der Waals surface area (Å²) in [5, 5.41) is 9.60. The topological polar surface area (TPSA) is 55.8 Å². The highest BCUT2D eigenvalue weighted by molar-refractivity contribution is 5.69. The Balaban J connectivity index is 3.45. The minimum atomic E-state index is -0.564. The molecule has 53 heavy (non-hydrogen) atoms. The van der Waals surface area contributed by atoms with E-state index >= 15 is 0 Å². The first-order chi connectivity index (χ1) is 26.2. The molecule has 4 heteroatoms. The lowest BCUT2D eigenvalue weighted by molar-refractivity contribution is -0.154. The van der Waals surface area contributed by atoms with Crippen molar-refractivity contribution in [3.8, 4) is 0 Å². The first-order valence-corrected chi connectivity index (χ1v) is 22.9. The molecule has 0 saturated carbocycles. The number of aliphatic hydroxyl groups is 1. The van der Waals surface area contributed by atoms with Crippen molar-refractivity contribution < 1.29 is 19.4 Å². The number of hydrogen-bond donors (Lipinski definition) is 1. The van der Waals surface area contributed by atoms with Crippen molar-refractivity contribution in [2.24, 2.45) is 0 Å². The van der Waals surface area contributed by atoms with Crippen molar-refractivity contribution in [2.45, 2.75) is 225 Å². The van der Waals surface area contributed by atoms with E-state index in [0.29, 0.717) is 13.0 Å². The molecule has 308 valence electrons. The van der Waals surface area contributed by atoms with Gasteiger partial charge in [0.1, 0.15) is 6.10 Å². The number of ether oxygens (including phenoxy) is 2. The Labute approximate surface area is 330 Å². The van der Waals surface area contributed by atoms with E-state index in [1.54, 1.807) is 0 Å². The van der Waals surface area contributed by atoms with Crippen LogP contribution in [-0.2, 0) is 14.3 Å². The van der Waals surface area contributed by atoms with Crippen molar-refractivity contribution in [1.82, 2.24) is 0 Å². The van der Waals surface area contributed by atoms with Crippen molar-refractivity contribution in [3.05, 3.63) is 60.8 Å². The van der Waals surface area contributed by atoms with Crippen molar-refractivity contribution in [3.63, 3.8) is 0 Å². The molecule has 4 nitrogen and oxygen atoms in total. The van der Waals surface area contributed by atoms with Gasteiger partial charge in [-0.25, -0.2) is 0 Å². The first-order valence-electron chi connectivity index (χ1n) is 22.9. The number of rotatable bonds is 42. The zero-order valence-electron chi connectivity index (χ0n) is 35.3. The standard InChI is InChI=1S/C49H88O4/c1-3-5-7-9-11-13-15-17-19-21-22-23-24-25-26-27-29-31-33-35-37-39-41-43-45-52-47-48(46-50)53-49(51)44-42-40-38-36-34-32-30-28-20-18-16-14-12-10-8-6-4-2/h6,8,12,14,18,20,30,32,36,38,48,50H,3-5,7,9-11,13,15-17,19,21-29,31,33-35,37,39-47H2,1-2H3/b8-6-,14-12-,20-18-,32-30-,38-36-. The molecule has 0 bridgehead atoms. The molecule has 0 spiro atoms. The van der Waals surface area contributed by atoms with Gasteiger partial charge in [0.25, 0.3) is 0 Å². The molecule has 1 unspecified atom stereocenters. The highest BCUT2D eigenvalue weighted by Gasteiger charge is 2.13. The normalized spacial score (nSPS) is 12.9. The molecule has 0 heterocycles. The molecule has 1 atom stereocenters. The second-order valence-corrected chi connectivity index (χ2v) is 15.1. The van der Waals surface area contributed by atoms with E-state index in [4.69, 9.17) is 9.47 Å². The molecular weight excluding hydrogens is 653 g/mol. The van der Waals surface area contributed by atoms with Crippen LogP contribution in [-0.4, -0.2) is 37.0 Å². The Morgan fingerprint density at radius 1 is 0.472 bits per heavy atom. The maximum absolute atomic E-state index is 12.2. The Kier molecular flexibility index (Phi) is 44.6. The molecule has 0 aliphatic carbocycles. The van der Waals surface area contributed by atoms with Gasteiger partial charge >= 0.3 is 5.97 Å². The molecular formula is C49H88O4. The Morgan fingerprint density at radius 2 is 0.830 bits per heavy atom. The number of carbonyl (C=O) groups is 1. The van der Waals surface area contributed by atoms with Crippen LogP contribution < -0.4 is 0 Å². The minimum Gasteiger partial charge on any atom is -0.457 e. The fraction of sp³-hybridized carbons (Fsp3) is 0.776. The number of esters is 1. The molecule has 0 aliphatic rings. The quantitative estimate of drug-likeness (QED) is 0.0385. The predicted octanol–water partition coefficient (Wildman–Crippen LogP) is 15.2. The van der Waals surface area contributed by atoms with Crippen LogP contribution in [0.1, 0.15) is 219 Å². The molecule has 1 N–H and O–H groups in total.